The molecule has 1 fully saturated rings. The van der Waals surface area contributed by atoms with Crippen molar-refractivity contribution in [2.45, 2.75) is 38.4 Å². The van der Waals surface area contributed by atoms with Crippen LogP contribution in [0.1, 0.15) is 53.8 Å². The molecule has 0 spiro atoms. The molecule has 1 aromatic heterocycles. The number of hydrogen-bond acceptors (Lipinski definition) is 3. The Morgan fingerprint density at radius 1 is 1.30 bits per heavy atom. The number of aromatic nitrogens is 1. The highest BCUT2D eigenvalue weighted by Crippen LogP contribution is 2.33. The molecule has 2 heterocycles. The molecule has 1 saturated heterocycles. The van der Waals surface area contributed by atoms with E-state index in [0.717, 1.165) is 32.0 Å². The van der Waals surface area contributed by atoms with Gasteiger partial charge in [0.1, 0.15) is 5.69 Å². The summed E-state index contributed by atoms with van der Waals surface area (Å²) in [6.07, 6.45) is 0.267. The van der Waals surface area contributed by atoms with Crippen LogP contribution < -0.4 is 0 Å². The zero-order chi connectivity index (χ0) is 14.8. The number of likely N-dealkylation sites (tertiary alicyclic amines) is 1. The topological polar surface area (TPSA) is 33.2 Å². The van der Waals surface area contributed by atoms with Gasteiger partial charge in [0.25, 0.3) is 0 Å². The van der Waals surface area contributed by atoms with E-state index in [2.05, 4.69) is 9.88 Å². The van der Waals surface area contributed by atoms with Crippen LogP contribution in [0.5, 0.6) is 0 Å². The number of carbonyl (C=O) groups is 1. The molecule has 1 aliphatic rings. The fraction of sp³-hybridized carbons (Fsp3) is 0.571. The number of aldehydes is 1. The molecule has 0 amide bonds. The molecule has 1 atom stereocenters. The molecular weight excluding hydrogens is 269 g/mol. The molecular formula is C14H17F3N2O. The van der Waals surface area contributed by atoms with Crippen LogP contribution in [0.2, 0.25) is 0 Å². The fourth-order valence-electron chi connectivity index (χ4n) is 2.56. The largest absolute Gasteiger partial charge is 0.418 e. The van der Waals surface area contributed by atoms with E-state index < -0.39 is 17.4 Å². The highest BCUT2D eigenvalue weighted by atomic mass is 19.4. The Morgan fingerprint density at radius 3 is 2.50 bits per heavy atom. The van der Waals surface area contributed by atoms with Gasteiger partial charge in [-0.2, -0.15) is 13.2 Å². The van der Waals surface area contributed by atoms with E-state index >= 15 is 0 Å². The van der Waals surface area contributed by atoms with Gasteiger partial charge in [-0.25, -0.2) is 0 Å². The summed E-state index contributed by atoms with van der Waals surface area (Å²) in [6.45, 7) is 3.65. The normalized spacial score (nSPS) is 18.8. The van der Waals surface area contributed by atoms with Gasteiger partial charge in [0.05, 0.1) is 5.56 Å². The molecule has 1 aromatic rings. The minimum Gasteiger partial charge on any atom is -0.297 e. The monoisotopic (exact) mass is 286 g/mol. The van der Waals surface area contributed by atoms with E-state index in [4.69, 9.17) is 0 Å². The number of carbonyl (C=O) groups excluding carboxylic acids is 1. The summed E-state index contributed by atoms with van der Waals surface area (Å²) in [4.78, 5) is 16.5. The Morgan fingerprint density at radius 2 is 1.95 bits per heavy atom. The van der Waals surface area contributed by atoms with Crippen molar-refractivity contribution in [1.29, 1.82) is 0 Å². The SMILES string of the molecule is CC(c1cnc(C=O)c(C(F)(F)F)c1)N1CCCCC1. The van der Waals surface area contributed by atoms with Gasteiger partial charge in [-0.3, -0.25) is 14.7 Å². The highest BCUT2D eigenvalue weighted by Gasteiger charge is 2.35. The van der Waals surface area contributed by atoms with Gasteiger partial charge in [-0.1, -0.05) is 6.42 Å². The molecule has 110 valence electrons. The maximum absolute atomic E-state index is 12.9. The number of rotatable bonds is 3. The molecule has 6 heteroatoms. The van der Waals surface area contributed by atoms with Crippen molar-refractivity contribution in [2.75, 3.05) is 13.1 Å². The van der Waals surface area contributed by atoms with Crippen LogP contribution in [0.3, 0.4) is 0 Å². The van der Waals surface area contributed by atoms with Crippen LogP contribution in [0.15, 0.2) is 12.3 Å². The molecule has 0 N–H and O–H groups in total. The maximum atomic E-state index is 12.9. The predicted molar refractivity (Wildman–Crippen MR) is 68.5 cm³/mol. The summed E-state index contributed by atoms with van der Waals surface area (Å²) >= 11 is 0. The summed E-state index contributed by atoms with van der Waals surface area (Å²) in [5.41, 5.74) is -0.995. The van der Waals surface area contributed by atoms with Crippen LogP contribution in [0.4, 0.5) is 13.2 Å². The zero-order valence-electron chi connectivity index (χ0n) is 11.3. The molecule has 0 aliphatic carbocycles. The number of hydrogen-bond donors (Lipinski definition) is 0. The van der Waals surface area contributed by atoms with E-state index in [9.17, 15) is 18.0 Å². The molecule has 1 aliphatic heterocycles. The standard InChI is InChI=1S/C14H17F3N2O/c1-10(19-5-3-2-4-6-19)11-7-12(14(15,16)17)13(9-20)18-8-11/h7-10H,2-6H2,1H3. The second-order valence-electron chi connectivity index (χ2n) is 5.09. The van der Waals surface area contributed by atoms with Crippen molar-refractivity contribution in [3.8, 4) is 0 Å². The fourth-order valence-corrected chi connectivity index (χ4v) is 2.56. The van der Waals surface area contributed by atoms with Crippen molar-refractivity contribution in [2.24, 2.45) is 0 Å². The lowest BCUT2D eigenvalue weighted by molar-refractivity contribution is -0.138. The lowest BCUT2D eigenvalue weighted by Crippen LogP contribution is -2.32. The molecule has 0 bridgehead atoms. The molecule has 2 rings (SSSR count). The minimum atomic E-state index is -4.55. The van der Waals surface area contributed by atoms with Crippen molar-refractivity contribution in [3.05, 3.63) is 29.1 Å². The first kappa shape index (κ1) is 15.0. The van der Waals surface area contributed by atoms with Gasteiger partial charge < -0.3 is 0 Å². The summed E-state index contributed by atoms with van der Waals surface area (Å²) < 4.78 is 38.7. The maximum Gasteiger partial charge on any atom is 0.418 e. The average molecular weight is 286 g/mol. The first-order chi connectivity index (χ1) is 9.43. The average Bonchev–Trinajstić information content (AvgIpc) is 2.46. The second-order valence-corrected chi connectivity index (χ2v) is 5.09. The summed E-state index contributed by atoms with van der Waals surface area (Å²) in [5.74, 6) is 0. The number of nitrogens with zero attached hydrogens (tertiary/aromatic N) is 2. The number of halogens is 3. The van der Waals surface area contributed by atoms with Crippen molar-refractivity contribution in [3.63, 3.8) is 0 Å². The molecule has 3 nitrogen and oxygen atoms in total. The molecule has 0 aromatic carbocycles. The third-order valence-electron chi connectivity index (χ3n) is 3.78. The quantitative estimate of drug-likeness (QED) is 0.798. The minimum absolute atomic E-state index is 0.121. The first-order valence-corrected chi connectivity index (χ1v) is 6.70. The van der Waals surface area contributed by atoms with E-state index in [1.807, 2.05) is 6.92 Å². The third kappa shape index (κ3) is 3.17. The number of alkyl halides is 3. The Labute approximate surface area is 115 Å². The van der Waals surface area contributed by atoms with Gasteiger partial charge in [0, 0.05) is 12.2 Å². The smallest absolute Gasteiger partial charge is 0.297 e. The van der Waals surface area contributed by atoms with Crippen LogP contribution in [-0.2, 0) is 6.18 Å². The zero-order valence-corrected chi connectivity index (χ0v) is 11.3. The summed E-state index contributed by atoms with van der Waals surface area (Å²) in [5, 5.41) is 0. The molecule has 0 saturated carbocycles. The Bertz CT molecular complexity index is 482. The molecule has 0 radical (unpaired) electrons. The van der Waals surface area contributed by atoms with Crippen molar-refractivity contribution >= 4 is 6.29 Å². The first-order valence-electron chi connectivity index (χ1n) is 6.70. The van der Waals surface area contributed by atoms with Crippen molar-refractivity contribution in [1.82, 2.24) is 9.88 Å². The Kier molecular flexibility index (Phi) is 4.42. The van der Waals surface area contributed by atoms with E-state index in [1.54, 1.807) is 0 Å². The van der Waals surface area contributed by atoms with Crippen LogP contribution in [-0.4, -0.2) is 29.3 Å². The van der Waals surface area contributed by atoms with Crippen LogP contribution in [0.25, 0.3) is 0 Å². The van der Waals surface area contributed by atoms with Crippen molar-refractivity contribution < 1.29 is 18.0 Å². The van der Waals surface area contributed by atoms with Gasteiger partial charge in [0.2, 0.25) is 0 Å². The Balaban J connectivity index is 2.30. The van der Waals surface area contributed by atoms with E-state index in [-0.39, 0.29) is 12.3 Å². The predicted octanol–water partition coefficient (Wildman–Crippen LogP) is 3.46. The van der Waals surface area contributed by atoms with Gasteiger partial charge in [0.15, 0.2) is 6.29 Å². The molecule has 20 heavy (non-hydrogen) atoms. The van der Waals surface area contributed by atoms with E-state index in [0.29, 0.717) is 5.56 Å². The lowest BCUT2D eigenvalue weighted by atomic mass is 10.0. The van der Waals surface area contributed by atoms with Gasteiger partial charge >= 0.3 is 6.18 Å². The summed E-state index contributed by atoms with van der Waals surface area (Å²) in [7, 11) is 0. The van der Waals surface area contributed by atoms with Crippen LogP contribution in [0, 0.1) is 0 Å². The van der Waals surface area contributed by atoms with E-state index in [1.165, 1.54) is 12.6 Å². The highest BCUT2D eigenvalue weighted by molar-refractivity contribution is 5.74. The van der Waals surface area contributed by atoms with Gasteiger partial charge in [-0.05, 0) is 44.5 Å². The second kappa shape index (κ2) is 5.91. The molecule has 1 unspecified atom stereocenters. The Hall–Kier alpha value is -1.43. The number of pyridine rings is 1. The lowest BCUT2D eigenvalue weighted by Gasteiger charge is -2.32. The van der Waals surface area contributed by atoms with Gasteiger partial charge in [-0.15, -0.1) is 0 Å². The summed E-state index contributed by atoms with van der Waals surface area (Å²) in [6, 6.07) is 0.931. The third-order valence-corrected chi connectivity index (χ3v) is 3.78. The van der Waals surface area contributed by atoms with Crippen LogP contribution >= 0.6 is 0 Å². The number of piperidine rings is 1.